The second-order valence-electron chi connectivity index (χ2n) is 4.47. The first-order valence-electron chi connectivity index (χ1n) is 6.25. The van der Waals surface area contributed by atoms with Gasteiger partial charge in [-0.05, 0) is 32.3 Å². The molecule has 1 atom stereocenters. The minimum absolute atomic E-state index is 0.292. The third-order valence-electron chi connectivity index (χ3n) is 2.75. The zero-order valence-corrected chi connectivity index (χ0v) is 12.1. The summed E-state index contributed by atoms with van der Waals surface area (Å²) in [5.41, 5.74) is -0.418. The molecule has 0 amide bonds. The van der Waals surface area contributed by atoms with Crippen molar-refractivity contribution in [2.45, 2.75) is 37.1 Å². The van der Waals surface area contributed by atoms with Crippen LogP contribution in [0.2, 0.25) is 0 Å². The minimum Gasteiger partial charge on any atom is -0.258 e. The molecule has 1 N–H and O–H groups in total. The van der Waals surface area contributed by atoms with Crippen LogP contribution in [-0.2, 0) is 10.0 Å². The van der Waals surface area contributed by atoms with E-state index in [1.54, 1.807) is 13.0 Å². The predicted molar refractivity (Wildman–Crippen MR) is 76.9 cm³/mol. The van der Waals surface area contributed by atoms with Gasteiger partial charge in [-0.25, -0.2) is 13.1 Å². The fraction of sp³-hybridized carbons (Fsp3) is 0.385. The number of rotatable bonds is 8. The van der Waals surface area contributed by atoms with Crippen molar-refractivity contribution in [3.05, 3.63) is 47.0 Å². The first-order chi connectivity index (χ1) is 9.38. The van der Waals surface area contributed by atoms with E-state index in [2.05, 4.69) is 11.3 Å². The highest BCUT2D eigenvalue weighted by Gasteiger charge is 2.26. The van der Waals surface area contributed by atoms with E-state index in [-0.39, 0.29) is 10.9 Å². The molecule has 7 heteroatoms. The number of nitrogens with zero attached hydrogens (tertiary/aromatic N) is 1. The number of unbranched alkanes of at least 4 members (excludes halogenated alkanes) is 1. The van der Waals surface area contributed by atoms with E-state index in [1.807, 2.05) is 0 Å². The van der Waals surface area contributed by atoms with Crippen molar-refractivity contribution in [2.24, 2.45) is 0 Å². The number of sulfonamides is 1. The van der Waals surface area contributed by atoms with E-state index in [4.69, 9.17) is 0 Å². The third kappa shape index (κ3) is 4.43. The summed E-state index contributed by atoms with van der Waals surface area (Å²) >= 11 is 0. The van der Waals surface area contributed by atoms with Crippen LogP contribution < -0.4 is 4.72 Å². The predicted octanol–water partition coefficient (Wildman–Crippen LogP) is 2.62. The van der Waals surface area contributed by atoms with Crippen molar-refractivity contribution in [1.29, 1.82) is 0 Å². The van der Waals surface area contributed by atoms with Gasteiger partial charge in [0.15, 0.2) is 4.90 Å². The van der Waals surface area contributed by atoms with Crippen molar-refractivity contribution in [1.82, 2.24) is 4.72 Å². The second kappa shape index (κ2) is 7.16. The van der Waals surface area contributed by atoms with Crippen LogP contribution >= 0.6 is 0 Å². The number of nitro groups is 1. The molecule has 0 aromatic heterocycles. The Bertz CT molecular complexity index is 584. The molecule has 0 heterocycles. The molecular weight excluding hydrogens is 280 g/mol. The van der Waals surface area contributed by atoms with Crippen LogP contribution in [0.4, 0.5) is 5.69 Å². The Labute approximate surface area is 118 Å². The topological polar surface area (TPSA) is 89.3 Å². The molecule has 110 valence electrons. The highest BCUT2D eigenvalue weighted by Crippen LogP contribution is 2.23. The van der Waals surface area contributed by atoms with E-state index in [0.717, 1.165) is 12.8 Å². The molecule has 0 aliphatic carbocycles. The zero-order chi connectivity index (χ0) is 15.2. The highest BCUT2D eigenvalue weighted by atomic mass is 32.2. The standard InChI is InChI=1S/C13H18N2O4S/c1-3-4-5-8-11(2)14-20(18,19)13-10-7-6-9-12(13)15(16)17/h3,6-7,9-11,14H,1,4-5,8H2,2H3/t11-/m1/s1. The lowest BCUT2D eigenvalue weighted by Gasteiger charge is -2.13. The number of allylic oxidation sites excluding steroid dienone is 1. The summed E-state index contributed by atoms with van der Waals surface area (Å²) < 4.78 is 26.8. The quantitative estimate of drug-likeness (QED) is 0.346. The van der Waals surface area contributed by atoms with Crippen LogP contribution in [0.3, 0.4) is 0 Å². The lowest BCUT2D eigenvalue weighted by molar-refractivity contribution is -0.387. The Morgan fingerprint density at radius 3 is 2.70 bits per heavy atom. The monoisotopic (exact) mass is 298 g/mol. The molecule has 1 aromatic rings. The summed E-state index contributed by atoms with van der Waals surface area (Å²) in [6, 6.07) is 5.02. The van der Waals surface area contributed by atoms with Gasteiger partial charge in [-0.2, -0.15) is 0 Å². The summed E-state index contributed by atoms with van der Waals surface area (Å²) in [4.78, 5) is 9.86. The summed E-state index contributed by atoms with van der Waals surface area (Å²) in [5.74, 6) is 0. The molecule has 1 aromatic carbocycles. The van der Waals surface area contributed by atoms with Gasteiger partial charge in [-0.15, -0.1) is 6.58 Å². The molecule has 0 unspecified atom stereocenters. The Hall–Kier alpha value is -1.73. The summed E-state index contributed by atoms with van der Waals surface area (Å²) in [6.45, 7) is 5.33. The molecule has 1 rings (SSSR count). The first-order valence-corrected chi connectivity index (χ1v) is 7.73. The maximum Gasteiger partial charge on any atom is 0.289 e. The first kappa shape index (κ1) is 16.3. The van der Waals surface area contributed by atoms with E-state index < -0.39 is 20.6 Å². The van der Waals surface area contributed by atoms with Gasteiger partial charge in [0.1, 0.15) is 0 Å². The van der Waals surface area contributed by atoms with Crippen LogP contribution in [-0.4, -0.2) is 19.4 Å². The highest BCUT2D eigenvalue weighted by molar-refractivity contribution is 7.89. The summed E-state index contributed by atoms with van der Waals surface area (Å²) in [7, 11) is -3.89. The van der Waals surface area contributed by atoms with Gasteiger partial charge < -0.3 is 0 Å². The van der Waals surface area contributed by atoms with Crippen LogP contribution in [0.5, 0.6) is 0 Å². The molecule has 20 heavy (non-hydrogen) atoms. The lowest BCUT2D eigenvalue weighted by Crippen LogP contribution is -2.32. The maximum absolute atomic E-state index is 12.2. The van der Waals surface area contributed by atoms with E-state index in [0.29, 0.717) is 6.42 Å². The number of nitro benzene ring substituents is 1. The van der Waals surface area contributed by atoms with Gasteiger partial charge in [-0.3, -0.25) is 10.1 Å². The number of benzene rings is 1. The van der Waals surface area contributed by atoms with Crippen LogP contribution in [0.25, 0.3) is 0 Å². The molecule has 6 nitrogen and oxygen atoms in total. The van der Waals surface area contributed by atoms with Crippen molar-refractivity contribution >= 4 is 15.7 Å². The Balaban J connectivity index is 2.89. The average Bonchev–Trinajstić information content (AvgIpc) is 2.38. The molecule has 0 saturated carbocycles. The molecule has 0 aliphatic heterocycles. The Morgan fingerprint density at radius 2 is 2.10 bits per heavy atom. The van der Waals surface area contributed by atoms with Crippen LogP contribution in [0, 0.1) is 10.1 Å². The summed E-state index contributed by atoms with van der Waals surface area (Å²) in [5, 5.41) is 10.9. The van der Waals surface area contributed by atoms with Crippen molar-refractivity contribution in [3.8, 4) is 0 Å². The van der Waals surface area contributed by atoms with Crippen molar-refractivity contribution in [2.75, 3.05) is 0 Å². The Kier molecular flexibility index (Phi) is 5.84. The largest absolute Gasteiger partial charge is 0.289 e. The molecule has 0 saturated heterocycles. The average molecular weight is 298 g/mol. The third-order valence-corrected chi connectivity index (χ3v) is 4.39. The van der Waals surface area contributed by atoms with Crippen molar-refractivity contribution in [3.63, 3.8) is 0 Å². The number of para-hydroxylation sites is 1. The molecule has 0 aliphatic rings. The molecule has 0 radical (unpaired) electrons. The molecule has 0 fully saturated rings. The fourth-order valence-corrected chi connectivity index (χ4v) is 3.24. The normalized spacial score (nSPS) is 12.8. The zero-order valence-electron chi connectivity index (χ0n) is 11.3. The molecule has 0 spiro atoms. The fourth-order valence-electron chi connectivity index (χ4n) is 1.79. The molecular formula is C13H18N2O4S. The van der Waals surface area contributed by atoms with Gasteiger partial charge in [-0.1, -0.05) is 18.2 Å². The van der Waals surface area contributed by atoms with Crippen LogP contribution in [0.1, 0.15) is 26.2 Å². The van der Waals surface area contributed by atoms with Gasteiger partial charge in [0.25, 0.3) is 5.69 Å². The van der Waals surface area contributed by atoms with Gasteiger partial charge in [0.2, 0.25) is 10.0 Å². The number of nitrogens with one attached hydrogen (secondary N) is 1. The van der Waals surface area contributed by atoms with Gasteiger partial charge in [0, 0.05) is 12.1 Å². The van der Waals surface area contributed by atoms with Crippen molar-refractivity contribution < 1.29 is 13.3 Å². The van der Waals surface area contributed by atoms with E-state index in [1.165, 1.54) is 24.3 Å². The molecule has 0 bridgehead atoms. The van der Waals surface area contributed by atoms with Crippen LogP contribution in [0.15, 0.2) is 41.8 Å². The number of hydrogen-bond acceptors (Lipinski definition) is 4. The number of hydrogen-bond donors (Lipinski definition) is 1. The Morgan fingerprint density at radius 1 is 1.45 bits per heavy atom. The minimum atomic E-state index is -3.89. The van der Waals surface area contributed by atoms with Gasteiger partial charge in [0.05, 0.1) is 4.92 Å². The van der Waals surface area contributed by atoms with E-state index in [9.17, 15) is 18.5 Å². The van der Waals surface area contributed by atoms with E-state index >= 15 is 0 Å². The van der Waals surface area contributed by atoms with Gasteiger partial charge >= 0.3 is 0 Å². The SMILES string of the molecule is C=CCCC[C@@H](C)NS(=O)(=O)c1ccccc1[N+](=O)[O-]. The smallest absolute Gasteiger partial charge is 0.258 e. The summed E-state index contributed by atoms with van der Waals surface area (Å²) in [6.07, 6.45) is 4.02. The maximum atomic E-state index is 12.2. The lowest BCUT2D eigenvalue weighted by atomic mass is 10.1. The second-order valence-corrected chi connectivity index (χ2v) is 6.15.